The number of unbranched alkanes of at least 4 members (excludes halogenated alkanes) is 3. The van der Waals surface area contributed by atoms with Crippen LogP contribution in [0.5, 0.6) is 0 Å². The fraction of sp³-hybridized carbons (Fsp3) is 0.630. The third-order valence-electron chi connectivity index (χ3n) is 6.74. The van der Waals surface area contributed by atoms with E-state index in [-0.39, 0.29) is 0 Å². The lowest BCUT2D eigenvalue weighted by molar-refractivity contribution is 0.302. The molecule has 1 aliphatic carbocycles. The van der Waals surface area contributed by atoms with Gasteiger partial charge < -0.3 is 0 Å². The van der Waals surface area contributed by atoms with Gasteiger partial charge in [-0.25, -0.2) is 9.97 Å². The van der Waals surface area contributed by atoms with Gasteiger partial charge in [-0.2, -0.15) is 0 Å². The Morgan fingerprint density at radius 1 is 0.724 bits per heavy atom. The number of hydrogen-bond acceptors (Lipinski definition) is 2. The second kappa shape index (κ2) is 12.1. The van der Waals surface area contributed by atoms with Crippen LogP contribution in [0.2, 0.25) is 0 Å². The average Bonchev–Trinajstić information content (AvgIpc) is 2.78. The first-order valence-electron chi connectivity index (χ1n) is 12.2. The zero-order chi connectivity index (χ0) is 20.3. The van der Waals surface area contributed by atoms with Gasteiger partial charge >= 0.3 is 0 Å². The van der Waals surface area contributed by atoms with Crippen LogP contribution in [0.4, 0.5) is 0 Å². The molecule has 0 radical (unpaired) electrons. The molecule has 1 heterocycles. The van der Waals surface area contributed by atoms with Crippen molar-refractivity contribution in [2.45, 2.75) is 103 Å². The van der Waals surface area contributed by atoms with Crippen LogP contribution in [0, 0.1) is 5.92 Å². The van der Waals surface area contributed by atoms with E-state index in [1.165, 1.54) is 87.3 Å². The minimum absolute atomic E-state index is 0.683. The third-order valence-corrected chi connectivity index (χ3v) is 6.74. The zero-order valence-corrected chi connectivity index (χ0v) is 18.7. The van der Waals surface area contributed by atoms with E-state index in [0.29, 0.717) is 5.92 Å². The Balaban J connectivity index is 1.42. The van der Waals surface area contributed by atoms with Crippen LogP contribution in [-0.2, 0) is 19.3 Å². The third kappa shape index (κ3) is 7.24. The second-order valence-corrected chi connectivity index (χ2v) is 9.07. The smallest absolute Gasteiger partial charge is 0.128 e. The predicted octanol–water partition coefficient (Wildman–Crippen LogP) is 7.46. The van der Waals surface area contributed by atoms with E-state index in [1.54, 1.807) is 0 Å². The highest BCUT2D eigenvalue weighted by atomic mass is 14.9. The van der Waals surface area contributed by atoms with Crippen LogP contribution in [0.1, 0.15) is 106 Å². The molecule has 0 amide bonds. The molecule has 3 rings (SSSR count). The number of aryl methyl sites for hydroxylation is 3. The summed E-state index contributed by atoms with van der Waals surface area (Å²) in [6.45, 7) is 4.55. The highest BCUT2D eigenvalue weighted by Crippen LogP contribution is 2.37. The predicted molar refractivity (Wildman–Crippen MR) is 123 cm³/mol. The van der Waals surface area contributed by atoms with Crippen molar-refractivity contribution in [2.75, 3.05) is 0 Å². The van der Waals surface area contributed by atoms with E-state index in [4.69, 9.17) is 9.97 Å². The van der Waals surface area contributed by atoms with Gasteiger partial charge in [-0.1, -0.05) is 70.2 Å². The maximum Gasteiger partial charge on any atom is 0.128 e. The van der Waals surface area contributed by atoms with Crippen molar-refractivity contribution in [3.8, 4) is 0 Å². The lowest BCUT2D eigenvalue weighted by Gasteiger charge is -2.28. The van der Waals surface area contributed by atoms with Crippen molar-refractivity contribution < 1.29 is 0 Å². The van der Waals surface area contributed by atoms with E-state index >= 15 is 0 Å². The Hall–Kier alpha value is -1.70. The first-order valence-corrected chi connectivity index (χ1v) is 12.2. The van der Waals surface area contributed by atoms with Gasteiger partial charge in [0.05, 0.1) is 0 Å². The second-order valence-electron chi connectivity index (χ2n) is 9.07. The zero-order valence-electron chi connectivity index (χ0n) is 18.7. The first kappa shape index (κ1) is 22.0. The van der Waals surface area contributed by atoms with Gasteiger partial charge in [0.2, 0.25) is 0 Å². The SMILES string of the molecule is CCCCCC1CCC(c2cnc(CCc3ccc(CCCC)cc3)nc2)CC1. The van der Waals surface area contributed by atoms with Crippen LogP contribution in [0.25, 0.3) is 0 Å². The minimum Gasteiger partial charge on any atom is -0.241 e. The molecule has 158 valence electrons. The van der Waals surface area contributed by atoms with Gasteiger partial charge in [-0.3, -0.25) is 0 Å². The molecule has 0 bridgehead atoms. The minimum atomic E-state index is 0.683. The molecule has 0 atom stereocenters. The summed E-state index contributed by atoms with van der Waals surface area (Å²) in [5.74, 6) is 2.63. The van der Waals surface area contributed by atoms with Gasteiger partial charge in [0.25, 0.3) is 0 Å². The summed E-state index contributed by atoms with van der Waals surface area (Å²) in [5.41, 5.74) is 4.21. The molecular formula is C27H40N2. The van der Waals surface area contributed by atoms with Crippen molar-refractivity contribution in [2.24, 2.45) is 5.92 Å². The van der Waals surface area contributed by atoms with Gasteiger partial charge in [-0.05, 0) is 73.5 Å². The molecule has 0 N–H and O–H groups in total. The van der Waals surface area contributed by atoms with E-state index < -0.39 is 0 Å². The molecule has 2 heteroatoms. The Morgan fingerprint density at radius 3 is 1.97 bits per heavy atom. The van der Waals surface area contributed by atoms with Crippen LogP contribution in [0.15, 0.2) is 36.7 Å². The van der Waals surface area contributed by atoms with E-state index in [2.05, 4.69) is 50.5 Å². The molecule has 0 spiro atoms. The maximum absolute atomic E-state index is 4.70. The molecule has 1 aromatic carbocycles. The molecule has 2 aromatic rings. The fourth-order valence-corrected chi connectivity index (χ4v) is 4.68. The van der Waals surface area contributed by atoms with Crippen molar-refractivity contribution >= 4 is 0 Å². The molecule has 0 saturated heterocycles. The lowest BCUT2D eigenvalue weighted by atomic mass is 9.77. The van der Waals surface area contributed by atoms with Crippen LogP contribution < -0.4 is 0 Å². The van der Waals surface area contributed by atoms with Crippen molar-refractivity contribution in [3.63, 3.8) is 0 Å². The largest absolute Gasteiger partial charge is 0.241 e. The van der Waals surface area contributed by atoms with Crippen LogP contribution >= 0.6 is 0 Å². The van der Waals surface area contributed by atoms with Crippen LogP contribution in [0.3, 0.4) is 0 Å². The Morgan fingerprint density at radius 2 is 1.34 bits per heavy atom. The molecule has 1 aliphatic rings. The maximum atomic E-state index is 4.70. The first-order chi connectivity index (χ1) is 14.3. The average molecular weight is 393 g/mol. The molecule has 1 fully saturated rings. The molecule has 1 aromatic heterocycles. The van der Waals surface area contributed by atoms with Crippen molar-refractivity contribution in [1.82, 2.24) is 9.97 Å². The summed E-state index contributed by atoms with van der Waals surface area (Å²) < 4.78 is 0. The standard InChI is InChI=1S/C27H40N2/c1-3-5-7-9-23-14-17-25(18-15-23)26-20-28-27(29-21-26)19-16-24-12-10-22(11-13-24)8-6-4-2/h10-13,20-21,23,25H,3-9,14-19H2,1-2H3. The van der Waals surface area contributed by atoms with Gasteiger partial charge in [0.15, 0.2) is 0 Å². The Bertz CT molecular complexity index is 681. The molecule has 1 saturated carbocycles. The fourth-order valence-electron chi connectivity index (χ4n) is 4.68. The van der Waals surface area contributed by atoms with Gasteiger partial charge in [-0.15, -0.1) is 0 Å². The van der Waals surface area contributed by atoms with Crippen LogP contribution in [-0.4, -0.2) is 9.97 Å². The van der Waals surface area contributed by atoms with Crippen molar-refractivity contribution in [1.29, 1.82) is 0 Å². The molecule has 29 heavy (non-hydrogen) atoms. The van der Waals surface area contributed by atoms with E-state index in [0.717, 1.165) is 24.6 Å². The number of rotatable bonds is 11. The molecule has 2 nitrogen and oxygen atoms in total. The summed E-state index contributed by atoms with van der Waals surface area (Å²) >= 11 is 0. The molecular weight excluding hydrogens is 352 g/mol. The number of benzene rings is 1. The lowest BCUT2D eigenvalue weighted by Crippen LogP contribution is -2.14. The normalized spacial score (nSPS) is 19.4. The van der Waals surface area contributed by atoms with E-state index in [1.807, 2.05) is 0 Å². The number of hydrogen-bond donors (Lipinski definition) is 0. The summed E-state index contributed by atoms with van der Waals surface area (Å²) in [6.07, 6.45) is 20.9. The Labute approximate surface area is 178 Å². The molecule has 0 unspecified atom stereocenters. The van der Waals surface area contributed by atoms with Gasteiger partial charge in [0, 0.05) is 18.8 Å². The highest BCUT2D eigenvalue weighted by molar-refractivity contribution is 5.23. The van der Waals surface area contributed by atoms with Crippen molar-refractivity contribution in [3.05, 3.63) is 59.2 Å². The topological polar surface area (TPSA) is 25.8 Å². The number of nitrogens with zero attached hydrogens (tertiary/aromatic N) is 2. The van der Waals surface area contributed by atoms with E-state index in [9.17, 15) is 0 Å². The quantitative estimate of drug-likeness (QED) is 0.371. The summed E-state index contributed by atoms with van der Waals surface area (Å²) in [7, 11) is 0. The molecule has 0 aliphatic heterocycles. The summed E-state index contributed by atoms with van der Waals surface area (Å²) in [5, 5.41) is 0. The summed E-state index contributed by atoms with van der Waals surface area (Å²) in [4.78, 5) is 9.39. The number of aromatic nitrogens is 2. The van der Waals surface area contributed by atoms with Gasteiger partial charge in [0.1, 0.15) is 5.82 Å². The monoisotopic (exact) mass is 392 g/mol. The highest BCUT2D eigenvalue weighted by Gasteiger charge is 2.22. The summed E-state index contributed by atoms with van der Waals surface area (Å²) in [6, 6.07) is 9.12. The Kier molecular flexibility index (Phi) is 9.18.